The predicted octanol–water partition coefficient (Wildman–Crippen LogP) is 6.20. The van der Waals surface area contributed by atoms with Gasteiger partial charge in [0.05, 0.1) is 15.7 Å². The number of para-hydroxylation sites is 1. The number of carbonyl (C=O) groups is 2. The van der Waals surface area contributed by atoms with E-state index >= 15 is 0 Å². The van der Waals surface area contributed by atoms with Gasteiger partial charge in [-0.3, -0.25) is 9.69 Å². The number of aromatic nitrogens is 2. The molecule has 10 nitrogen and oxygen atoms in total. The summed E-state index contributed by atoms with van der Waals surface area (Å²) in [5, 5.41) is 3.92. The van der Waals surface area contributed by atoms with E-state index in [4.69, 9.17) is 32.7 Å². The molecule has 2 aliphatic rings. The monoisotopic (exact) mass is 598 g/mol. The Labute approximate surface area is 249 Å². The lowest BCUT2D eigenvalue weighted by molar-refractivity contribution is 0.0240. The zero-order chi connectivity index (χ0) is 29.5. The number of hydrogen-bond acceptors (Lipinski definition) is 8. The Morgan fingerprint density at radius 2 is 1.66 bits per heavy atom. The fourth-order valence-electron chi connectivity index (χ4n) is 5.02. The van der Waals surface area contributed by atoms with Gasteiger partial charge < -0.3 is 24.6 Å². The molecule has 12 heteroatoms. The molecule has 0 atom stereocenters. The molecular weight excluding hydrogens is 567 g/mol. The van der Waals surface area contributed by atoms with Crippen molar-refractivity contribution < 1.29 is 19.1 Å². The van der Waals surface area contributed by atoms with E-state index in [0.29, 0.717) is 47.9 Å². The number of nitrogens with one attached hydrogen (secondary N) is 1. The van der Waals surface area contributed by atoms with Crippen LogP contribution in [0.25, 0.3) is 0 Å². The third kappa shape index (κ3) is 6.13. The van der Waals surface area contributed by atoms with Crippen LogP contribution in [0.15, 0.2) is 36.5 Å². The van der Waals surface area contributed by atoms with Crippen molar-refractivity contribution in [1.29, 1.82) is 0 Å². The standard InChI is InChI=1S/C29H32Cl2N6O4/c1-17-13-19(14-18(2)23(17)35-9-11-36(12-10-35)28(39)41-29(3,4)5)33-27-32-15-20-25(34-27)40-16-37(26(20)38)24-21(30)7-6-8-22(24)31/h6-8,13-15H,9-12,16H2,1-5H3,(H,32,33,34). The van der Waals surface area contributed by atoms with Gasteiger partial charge in [-0.2, -0.15) is 4.98 Å². The average molecular weight is 600 g/mol. The Morgan fingerprint density at radius 3 is 2.27 bits per heavy atom. The number of hydrogen-bond donors (Lipinski definition) is 1. The van der Waals surface area contributed by atoms with Crippen LogP contribution in [0.3, 0.4) is 0 Å². The summed E-state index contributed by atoms with van der Waals surface area (Å²) in [6.45, 7) is 12.2. The first kappa shape index (κ1) is 28.8. The van der Waals surface area contributed by atoms with Gasteiger partial charge in [-0.25, -0.2) is 9.78 Å². The van der Waals surface area contributed by atoms with Crippen molar-refractivity contribution in [2.45, 2.75) is 40.2 Å². The first-order valence-corrected chi connectivity index (χ1v) is 14.0. The zero-order valence-electron chi connectivity index (χ0n) is 23.6. The zero-order valence-corrected chi connectivity index (χ0v) is 25.1. The molecule has 2 aromatic carbocycles. The van der Waals surface area contributed by atoms with Gasteiger partial charge in [-0.05, 0) is 70.0 Å². The van der Waals surface area contributed by atoms with E-state index in [1.807, 2.05) is 32.9 Å². The van der Waals surface area contributed by atoms with Crippen LogP contribution in [0, 0.1) is 13.8 Å². The van der Waals surface area contributed by atoms with Crippen LogP contribution in [-0.2, 0) is 4.74 Å². The number of nitrogens with zero attached hydrogens (tertiary/aromatic N) is 5. The van der Waals surface area contributed by atoms with Gasteiger partial charge in [0, 0.05) is 43.8 Å². The fourth-order valence-corrected chi connectivity index (χ4v) is 5.62. The summed E-state index contributed by atoms with van der Waals surface area (Å²) in [6, 6.07) is 9.08. The number of rotatable bonds is 4. The first-order chi connectivity index (χ1) is 19.4. The number of aryl methyl sites for hydroxylation is 2. The van der Waals surface area contributed by atoms with Crippen molar-refractivity contribution >= 4 is 58.2 Å². The van der Waals surface area contributed by atoms with E-state index in [-0.39, 0.29) is 30.2 Å². The number of benzene rings is 2. The Morgan fingerprint density at radius 1 is 1.02 bits per heavy atom. The largest absolute Gasteiger partial charge is 0.455 e. The highest BCUT2D eigenvalue weighted by Crippen LogP contribution is 2.37. The molecule has 0 bridgehead atoms. The minimum Gasteiger partial charge on any atom is -0.455 e. The van der Waals surface area contributed by atoms with Gasteiger partial charge in [-0.1, -0.05) is 29.3 Å². The van der Waals surface area contributed by atoms with Crippen LogP contribution in [0.2, 0.25) is 10.0 Å². The molecule has 1 N–H and O–H groups in total. The number of carbonyl (C=O) groups excluding carboxylic acids is 2. The van der Waals surface area contributed by atoms with Crippen LogP contribution in [0.1, 0.15) is 42.3 Å². The number of ether oxygens (including phenoxy) is 2. The molecule has 3 aromatic rings. The van der Waals surface area contributed by atoms with Crippen molar-refractivity contribution in [1.82, 2.24) is 14.9 Å². The summed E-state index contributed by atoms with van der Waals surface area (Å²) in [4.78, 5) is 39.8. The van der Waals surface area contributed by atoms with E-state index in [1.54, 1.807) is 23.1 Å². The minimum atomic E-state index is -0.515. The molecule has 2 amide bonds. The number of halogens is 2. The van der Waals surface area contributed by atoms with E-state index in [2.05, 4.69) is 34.0 Å². The normalized spacial score (nSPS) is 15.4. The topological polar surface area (TPSA) is 100 Å². The summed E-state index contributed by atoms with van der Waals surface area (Å²) in [7, 11) is 0. The maximum absolute atomic E-state index is 13.2. The predicted molar refractivity (Wildman–Crippen MR) is 160 cm³/mol. The van der Waals surface area contributed by atoms with E-state index in [9.17, 15) is 9.59 Å². The Kier molecular flexibility index (Phi) is 7.89. The summed E-state index contributed by atoms with van der Waals surface area (Å²) in [5.74, 6) is 0.133. The number of anilines is 4. The van der Waals surface area contributed by atoms with Gasteiger partial charge in [0.2, 0.25) is 11.8 Å². The van der Waals surface area contributed by atoms with Crippen LogP contribution in [0.5, 0.6) is 5.88 Å². The lowest BCUT2D eigenvalue weighted by Gasteiger charge is -2.38. The van der Waals surface area contributed by atoms with Crippen LogP contribution in [-0.4, -0.2) is 65.4 Å². The summed E-state index contributed by atoms with van der Waals surface area (Å²) in [5.41, 5.74) is 4.18. The highest BCUT2D eigenvalue weighted by Gasteiger charge is 2.32. The Bertz CT molecular complexity index is 1460. The van der Waals surface area contributed by atoms with Gasteiger partial charge in [0.15, 0.2) is 6.73 Å². The maximum atomic E-state index is 13.2. The highest BCUT2D eigenvalue weighted by molar-refractivity contribution is 6.40. The first-order valence-electron chi connectivity index (χ1n) is 13.3. The minimum absolute atomic E-state index is 0.0835. The third-order valence-electron chi connectivity index (χ3n) is 6.76. The smallest absolute Gasteiger partial charge is 0.410 e. The molecular formula is C29H32Cl2N6O4. The van der Waals surface area contributed by atoms with Crippen LogP contribution >= 0.6 is 23.2 Å². The van der Waals surface area contributed by atoms with Crippen molar-refractivity contribution in [2.24, 2.45) is 0 Å². The van der Waals surface area contributed by atoms with Crippen LogP contribution in [0.4, 0.5) is 27.8 Å². The second-order valence-electron chi connectivity index (χ2n) is 11.0. The number of fused-ring (bicyclic) bond motifs is 1. The van der Waals surface area contributed by atoms with Crippen LogP contribution < -0.4 is 19.9 Å². The molecule has 1 saturated heterocycles. The van der Waals surface area contributed by atoms with Gasteiger partial charge in [0.25, 0.3) is 5.91 Å². The summed E-state index contributed by atoms with van der Waals surface area (Å²) >= 11 is 12.6. The molecule has 0 saturated carbocycles. The molecule has 0 unspecified atom stereocenters. The van der Waals surface area contributed by atoms with E-state index in [1.165, 1.54) is 11.1 Å². The SMILES string of the molecule is Cc1cc(Nc2ncc3c(n2)OCN(c2c(Cl)cccc2Cl)C3=O)cc(C)c1N1CCN(C(=O)OC(C)(C)C)CC1. The number of piperazine rings is 1. The molecule has 41 heavy (non-hydrogen) atoms. The van der Waals surface area contributed by atoms with E-state index in [0.717, 1.165) is 22.5 Å². The molecule has 216 valence electrons. The molecule has 0 aliphatic carbocycles. The lowest BCUT2D eigenvalue weighted by Crippen LogP contribution is -2.50. The fraction of sp³-hybridized carbons (Fsp3) is 0.379. The van der Waals surface area contributed by atoms with Gasteiger partial charge in [-0.15, -0.1) is 0 Å². The molecule has 0 radical (unpaired) electrons. The maximum Gasteiger partial charge on any atom is 0.410 e. The Hall–Kier alpha value is -3.76. The lowest BCUT2D eigenvalue weighted by atomic mass is 10.1. The molecule has 2 aliphatic heterocycles. The second kappa shape index (κ2) is 11.3. The molecule has 3 heterocycles. The highest BCUT2D eigenvalue weighted by atomic mass is 35.5. The second-order valence-corrected chi connectivity index (χ2v) is 11.8. The summed E-state index contributed by atoms with van der Waals surface area (Å²) in [6.07, 6.45) is 1.16. The van der Waals surface area contributed by atoms with Crippen molar-refractivity contribution in [3.8, 4) is 5.88 Å². The molecule has 0 spiro atoms. The molecule has 1 fully saturated rings. The van der Waals surface area contributed by atoms with Crippen molar-refractivity contribution in [3.63, 3.8) is 0 Å². The average Bonchev–Trinajstić information content (AvgIpc) is 2.89. The Balaban J connectivity index is 1.27. The van der Waals surface area contributed by atoms with E-state index < -0.39 is 5.60 Å². The van der Waals surface area contributed by atoms with Crippen molar-refractivity contribution in [2.75, 3.05) is 48.0 Å². The quantitative estimate of drug-likeness (QED) is 0.379. The third-order valence-corrected chi connectivity index (χ3v) is 7.37. The molecule has 1 aromatic heterocycles. The van der Waals surface area contributed by atoms with Gasteiger partial charge >= 0.3 is 6.09 Å². The summed E-state index contributed by atoms with van der Waals surface area (Å²) < 4.78 is 11.3. The number of amides is 2. The van der Waals surface area contributed by atoms with Crippen molar-refractivity contribution in [3.05, 3.63) is 63.3 Å². The molecule has 5 rings (SSSR count). The van der Waals surface area contributed by atoms with Gasteiger partial charge in [0.1, 0.15) is 11.2 Å².